The molecule has 1 heterocycles. The highest BCUT2D eigenvalue weighted by atomic mass is 19.1. The maximum atomic E-state index is 13.4. The number of carbonyl (C=O) groups excluding carboxylic acids is 1. The van der Waals surface area contributed by atoms with Crippen LogP contribution in [0.3, 0.4) is 0 Å². The van der Waals surface area contributed by atoms with Crippen LogP contribution < -0.4 is 5.73 Å². The number of esters is 1. The zero-order valence-electron chi connectivity index (χ0n) is 8.75. The number of halogens is 1. The van der Waals surface area contributed by atoms with Gasteiger partial charge < -0.3 is 14.9 Å². The summed E-state index contributed by atoms with van der Waals surface area (Å²) in [6.07, 6.45) is -1.10. The summed E-state index contributed by atoms with van der Waals surface area (Å²) in [5.74, 6) is -0.0441. The van der Waals surface area contributed by atoms with Crippen molar-refractivity contribution >= 4 is 5.97 Å². The van der Waals surface area contributed by atoms with Gasteiger partial charge in [0.2, 0.25) is 0 Å². The zero-order chi connectivity index (χ0) is 11.4. The molecule has 0 aliphatic carbocycles. The van der Waals surface area contributed by atoms with E-state index in [1.807, 2.05) is 0 Å². The molecule has 1 aromatic rings. The summed E-state index contributed by atoms with van der Waals surface area (Å²) in [7, 11) is 1.27. The van der Waals surface area contributed by atoms with Crippen molar-refractivity contribution in [3.63, 3.8) is 0 Å². The molecule has 0 aromatic carbocycles. The Bertz CT molecular complexity index is 348. The molecule has 1 rings (SSSR count). The van der Waals surface area contributed by atoms with E-state index in [0.29, 0.717) is 5.76 Å². The zero-order valence-corrected chi connectivity index (χ0v) is 8.75. The first-order valence-corrected chi connectivity index (χ1v) is 4.63. The molecule has 1 unspecified atom stereocenters. The van der Waals surface area contributed by atoms with Crippen LogP contribution in [0.1, 0.15) is 34.5 Å². The third kappa shape index (κ3) is 2.56. The Kier molecular flexibility index (Phi) is 3.85. The lowest BCUT2D eigenvalue weighted by Crippen LogP contribution is -2.03. The number of aryl methyl sites for hydroxylation is 1. The second kappa shape index (κ2) is 4.93. The van der Waals surface area contributed by atoms with Gasteiger partial charge in [0.05, 0.1) is 7.11 Å². The Labute approximate surface area is 87.2 Å². The number of nitrogens with two attached hydrogens (primary N) is 1. The number of furan rings is 1. The molecular formula is C10H14FNO3. The van der Waals surface area contributed by atoms with E-state index in [2.05, 4.69) is 4.74 Å². The third-order valence-electron chi connectivity index (χ3n) is 2.07. The molecule has 0 radical (unpaired) electrons. The number of carbonyl (C=O) groups is 1. The highest BCUT2D eigenvalue weighted by molar-refractivity contribution is 5.90. The standard InChI is InChI=1S/C10H14FNO3/c1-6-7(10(13)14-2)5-9(15-6)8(11)3-4-12/h5,8H,3-4,12H2,1-2H3. The second-order valence-electron chi connectivity index (χ2n) is 3.16. The summed E-state index contributed by atoms with van der Waals surface area (Å²) >= 11 is 0. The topological polar surface area (TPSA) is 65.5 Å². The number of ether oxygens (including phenoxy) is 1. The Balaban J connectivity index is 2.90. The summed E-state index contributed by atoms with van der Waals surface area (Å²) < 4.78 is 23.0. The fourth-order valence-electron chi connectivity index (χ4n) is 1.26. The monoisotopic (exact) mass is 215 g/mol. The molecule has 1 atom stereocenters. The molecule has 0 fully saturated rings. The average Bonchev–Trinajstić information content (AvgIpc) is 2.60. The van der Waals surface area contributed by atoms with Gasteiger partial charge in [-0.1, -0.05) is 0 Å². The molecule has 4 nitrogen and oxygen atoms in total. The molecule has 0 saturated heterocycles. The lowest BCUT2D eigenvalue weighted by Gasteiger charge is -2.00. The van der Waals surface area contributed by atoms with Crippen LogP contribution in [0.15, 0.2) is 10.5 Å². The van der Waals surface area contributed by atoms with Gasteiger partial charge in [-0.05, 0) is 26.0 Å². The Hall–Kier alpha value is -1.36. The van der Waals surface area contributed by atoms with Gasteiger partial charge >= 0.3 is 5.97 Å². The van der Waals surface area contributed by atoms with Gasteiger partial charge in [0, 0.05) is 0 Å². The minimum atomic E-state index is -1.27. The van der Waals surface area contributed by atoms with E-state index in [0.717, 1.165) is 0 Å². The van der Waals surface area contributed by atoms with E-state index in [9.17, 15) is 9.18 Å². The molecule has 0 saturated carbocycles. The highest BCUT2D eigenvalue weighted by Gasteiger charge is 2.20. The van der Waals surface area contributed by atoms with E-state index < -0.39 is 12.1 Å². The van der Waals surface area contributed by atoms with E-state index in [1.54, 1.807) is 6.92 Å². The maximum absolute atomic E-state index is 13.4. The second-order valence-corrected chi connectivity index (χ2v) is 3.16. The van der Waals surface area contributed by atoms with Crippen LogP contribution >= 0.6 is 0 Å². The predicted octanol–water partition coefficient (Wildman–Crippen LogP) is 1.73. The molecule has 0 bridgehead atoms. The molecule has 0 spiro atoms. The molecule has 5 heteroatoms. The number of methoxy groups -OCH3 is 1. The molecule has 2 N–H and O–H groups in total. The minimum absolute atomic E-state index is 0.123. The quantitative estimate of drug-likeness (QED) is 0.777. The van der Waals surface area contributed by atoms with Crippen molar-refractivity contribution in [1.29, 1.82) is 0 Å². The molecule has 0 aliphatic heterocycles. The van der Waals surface area contributed by atoms with Gasteiger partial charge in [0.15, 0.2) is 6.17 Å². The highest BCUT2D eigenvalue weighted by Crippen LogP contribution is 2.25. The average molecular weight is 215 g/mol. The first-order chi connectivity index (χ1) is 7.10. The van der Waals surface area contributed by atoms with E-state index >= 15 is 0 Å². The number of hydrogen-bond acceptors (Lipinski definition) is 4. The molecule has 84 valence electrons. The van der Waals surface area contributed by atoms with Gasteiger partial charge in [-0.25, -0.2) is 9.18 Å². The minimum Gasteiger partial charge on any atom is -0.465 e. The van der Waals surface area contributed by atoms with Crippen molar-refractivity contribution in [2.24, 2.45) is 5.73 Å². The van der Waals surface area contributed by atoms with E-state index in [-0.39, 0.29) is 24.3 Å². The van der Waals surface area contributed by atoms with Gasteiger partial charge in [-0.3, -0.25) is 0 Å². The number of alkyl halides is 1. The van der Waals surface area contributed by atoms with E-state index in [1.165, 1.54) is 13.2 Å². The maximum Gasteiger partial charge on any atom is 0.341 e. The van der Waals surface area contributed by atoms with Crippen LogP contribution in [-0.2, 0) is 4.74 Å². The molecule has 0 amide bonds. The van der Waals surface area contributed by atoms with Crippen molar-refractivity contribution < 1.29 is 18.3 Å². The Morgan fingerprint density at radius 3 is 2.93 bits per heavy atom. The lowest BCUT2D eigenvalue weighted by atomic mass is 10.2. The SMILES string of the molecule is COC(=O)c1cc(C(F)CCN)oc1C. The smallest absolute Gasteiger partial charge is 0.341 e. The first-order valence-electron chi connectivity index (χ1n) is 4.63. The molecule has 1 aromatic heterocycles. The van der Waals surface area contributed by atoms with Crippen LogP contribution in [0, 0.1) is 6.92 Å². The molecule has 15 heavy (non-hydrogen) atoms. The summed E-state index contributed by atoms with van der Waals surface area (Å²) in [5, 5.41) is 0. The van der Waals surface area contributed by atoms with Gasteiger partial charge in [-0.15, -0.1) is 0 Å². The van der Waals surface area contributed by atoms with E-state index in [4.69, 9.17) is 10.2 Å². The lowest BCUT2D eigenvalue weighted by molar-refractivity contribution is 0.0599. The molecule has 0 aliphatic rings. The summed E-state index contributed by atoms with van der Waals surface area (Å²) in [5.41, 5.74) is 5.48. The summed E-state index contributed by atoms with van der Waals surface area (Å²) in [6, 6.07) is 1.36. The number of rotatable bonds is 4. The fraction of sp³-hybridized carbons (Fsp3) is 0.500. The largest absolute Gasteiger partial charge is 0.465 e. The van der Waals surface area contributed by atoms with Crippen LogP contribution in [0.4, 0.5) is 4.39 Å². The summed E-state index contributed by atoms with van der Waals surface area (Å²) in [6.45, 7) is 1.82. The van der Waals surface area contributed by atoms with Crippen molar-refractivity contribution in [3.05, 3.63) is 23.2 Å². The van der Waals surface area contributed by atoms with Gasteiger partial charge in [-0.2, -0.15) is 0 Å². The van der Waals surface area contributed by atoms with Crippen molar-refractivity contribution in [3.8, 4) is 0 Å². The third-order valence-corrected chi connectivity index (χ3v) is 2.07. The predicted molar refractivity (Wildman–Crippen MR) is 52.3 cm³/mol. The number of hydrogen-bond donors (Lipinski definition) is 1. The fourth-order valence-corrected chi connectivity index (χ4v) is 1.26. The normalized spacial score (nSPS) is 12.5. The van der Waals surface area contributed by atoms with Gasteiger partial charge in [0.25, 0.3) is 0 Å². The van der Waals surface area contributed by atoms with Crippen LogP contribution in [-0.4, -0.2) is 19.6 Å². The summed E-state index contributed by atoms with van der Waals surface area (Å²) in [4.78, 5) is 11.2. The Morgan fingerprint density at radius 1 is 1.73 bits per heavy atom. The molecular weight excluding hydrogens is 201 g/mol. The van der Waals surface area contributed by atoms with Crippen LogP contribution in [0.2, 0.25) is 0 Å². The van der Waals surface area contributed by atoms with Crippen LogP contribution in [0.25, 0.3) is 0 Å². The first kappa shape index (κ1) is 11.7. The van der Waals surface area contributed by atoms with Gasteiger partial charge in [0.1, 0.15) is 17.1 Å². The Morgan fingerprint density at radius 2 is 2.40 bits per heavy atom. The van der Waals surface area contributed by atoms with Crippen molar-refractivity contribution in [2.45, 2.75) is 19.5 Å². The van der Waals surface area contributed by atoms with Crippen molar-refractivity contribution in [1.82, 2.24) is 0 Å². The van der Waals surface area contributed by atoms with Crippen LogP contribution in [0.5, 0.6) is 0 Å². The van der Waals surface area contributed by atoms with Crippen molar-refractivity contribution in [2.75, 3.05) is 13.7 Å².